The summed E-state index contributed by atoms with van der Waals surface area (Å²) in [4.78, 5) is 37.4. The Morgan fingerprint density at radius 2 is 1.33 bits per heavy atom. The molecule has 0 aliphatic carbocycles. The van der Waals surface area contributed by atoms with Gasteiger partial charge in [-0.1, -0.05) is 29.3 Å². The number of aryl methyl sites for hydroxylation is 1. The third kappa shape index (κ3) is 5.56. The molecule has 0 aromatic heterocycles. The van der Waals surface area contributed by atoms with Crippen LogP contribution in [0.2, 0.25) is 5.02 Å². The topological polar surface area (TPSA) is 78.5 Å². The second kappa shape index (κ2) is 8.22. The molecule has 27 heavy (non-hydrogen) atoms. The summed E-state index contributed by atoms with van der Waals surface area (Å²) in [6.07, 6.45) is 0. The summed E-state index contributed by atoms with van der Waals surface area (Å²) >= 11 is 5.80. The fourth-order valence-corrected chi connectivity index (χ4v) is 2.35. The molecule has 2 N–H and O–H groups in total. The van der Waals surface area contributed by atoms with E-state index in [0.717, 1.165) is 10.6 Å². The SMILES string of the molecule is Cc1ccc(C(=O)NN(C(=O)NC(=O)c2ccc(Cl)cc2)C(C)(C)C)cc1. The number of hydrogen-bond acceptors (Lipinski definition) is 3. The van der Waals surface area contributed by atoms with Gasteiger partial charge in [-0.25, -0.2) is 9.80 Å². The third-order valence-electron chi connectivity index (χ3n) is 3.73. The molecular formula is C20H22ClN3O3. The lowest BCUT2D eigenvalue weighted by Crippen LogP contribution is -2.59. The lowest BCUT2D eigenvalue weighted by molar-refractivity contribution is 0.0640. The number of nitrogens with zero attached hydrogens (tertiary/aromatic N) is 1. The summed E-state index contributed by atoms with van der Waals surface area (Å²) in [5.74, 6) is -1.03. The first-order valence-corrected chi connectivity index (χ1v) is 8.74. The molecule has 6 nitrogen and oxygen atoms in total. The number of halogens is 1. The number of carbonyl (C=O) groups is 3. The first kappa shape index (κ1) is 20.5. The summed E-state index contributed by atoms with van der Waals surface area (Å²) in [5, 5.41) is 3.86. The zero-order valence-electron chi connectivity index (χ0n) is 15.7. The minimum atomic E-state index is -0.759. The average Bonchev–Trinajstić information content (AvgIpc) is 2.59. The van der Waals surface area contributed by atoms with E-state index in [0.29, 0.717) is 10.6 Å². The van der Waals surface area contributed by atoms with Gasteiger partial charge in [0.1, 0.15) is 0 Å². The van der Waals surface area contributed by atoms with Crippen LogP contribution < -0.4 is 10.7 Å². The second-order valence-electron chi connectivity index (χ2n) is 7.08. The lowest BCUT2D eigenvalue weighted by atomic mass is 10.1. The smallest absolute Gasteiger partial charge is 0.272 e. The number of imide groups is 1. The molecule has 0 saturated carbocycles. The first-order chi connectivity index (χ1) is 12.6. The van der Waals surface area contributed by atoms with Crippen molar-refractivity contribution in [3.63, 3.8) is 0 Å². The third-order valence-corrected chi connectivity index (χ3v) is 3.98. The van der Waals surface area contributed by atoms with Gasteiger partial charge in [-0.05, 0) is 64.1 Å². The molecular weight excluding hydrogens is 366 g/mol. The quantitative estimate of drug-likeness (QED) is 0.766. The van der Waals surface area contributed by atoms with E-state index < -0.39 is 23.4 Å². The minimum absolute atomic E-state index is 0.284. The maximum Gasteiger partial charge on any atom is 0.343 e. The van der Waals surface area contributed by atoms with Gasteiger partial charge in [0.25, 0.3) is 11.8 Å². The van der Waals surface area contributed by atoms with Crippen molar-refractivity contribution in [2.75, 3.05) is 0 Å². The minimum Gasteiger partial charge on any atom is -0.272 e. The molecule has 0 unspecified atom stereocenters. The first-order valence-electron chi connectivity index (χ1n) is 8.36. The van der Waals surface area contributed by atoms with Crippen LogP contribution in [0.5, 0.6) is 0 Å². The second-order valence-corrected chi connectivity index (χ2v) is 7.52. The number of benzene rings is 2. The summed E-state index contributed by atoms with van der Waals surface area (Å²) < 4.78 is 0. The molecule has 0 aliphatic rings. The molecule has 0 bridgehead atoms. The van der Waals surface area contributed by atoms with Gasteiger partial charge in [0, 0.05) is 16.1 Å². The van der Waals surface area contributed by atoms with E-state index in [1.165, 1.54) is 12.1 Å². The molecule has 0 radical (unpaired) electrons. The Bertz CT molecular complexity index is 840. The largest absolute Gasteiger partial charge is 0.343 e. The molecule has 4 amide bonds. The van der Waals surface area contributed by atoms with E-state index in [2.05, 4.69) is 10.7 Å². The molecule has 0 saturated heterocycles. The van der Waals surface area contributed by atoms with Gasteiger partial charge in [0.15, 0.2) is 0 Å². The van der Waals surface area contributed by atoms with Crippen LogP contribution in [0.25, 0.3) is 0 Å². The summed E-state index contributed by atoms with van der Waals surface area (Å²) in [6.45, 7) is 7.15. The van der Waals surface area contributed by atoms with Crippen LogP contribution in [0.3, 0.4) is 0 Å². The molecule has 0 aliphatic heterocycles. The zero-order valence-corrected chi connectivity index (χ0v) is 16.4. The monoisotopic (exact) mass is 387 g/mol. The van der Waals surface area contributed by atoms with Crippen molar-refractivity contribution in [1.29, 1.82) is 0 Å². The van der Waals surface area contributed by atoms with Crippen molar-refractivity contribution in [2.45, 2.75) is 33.2 Å². The highest BCUT2D eigenvalue weighted by molar-refractivity contribution is 6.30. The highest BCUT2D eigenvalue weighted by Crippen LogP contribution is 2.13. The van der Waals surface area contributed by atoms with Gasteiger partial charge in [0.2, 0.25) is 0 Å². The number of rotatable bonds is 2. The summed E-state index contributed by atoms with van der Waals surface area (Å²) in [6, 6.07) is 12.4. The number of nitrogens with one attached hydrogen (secondary N) is 2. The number of hydrazine groups is 1. The van der Waals surface area contributed by atoms with Crippen LogP contribution in [-0.2, 0) is 0 Å². The Balaban J connectivity index is 2.14. The Kier molecular flexibility index (Phi) is 6.23. The van der Waals surface area contributed by atoms with Crippen LogP contribution in [0, 0.1) is 6.92 Å². The average molecular weight is 388 g/mol. The molecule has 2 rings (SSSR count). The summed E-state index contributed by atoms with van der Waals surface area (Å²) in [5.41, 5.74) is 3.52. The van der Waals surface area contributed by atoms with E-state index in [9.17, 15) is 14.4 Å². The zero-order chi connectivity index (χ0) is 20.2. The van der Waals surface area contributed by atoms with E-state index in [1.807, 2.05) is 6.92 Å². The Hall–Kier alpha value is -2.86. The fourth-order valence-electron chi connectivity index (χ4n) is 2.22. The van der Waals surface area contributed by atoms with Gasteiger partial charge in [-0.2, -0.15) is 0 Å². The normalized spacial score (nSPS) is 10.9. The Morgan fingerprint density at radius 3 is 1.85 bits per heavy atom. The van der Waals surface area contributed by atoms with Gasteiger partial charge >= 0.3 is 6.03 Å². The van der Waals surface area contributed by atoms with Gasteiger partial charge < -0.3 is 0 Å². The molecule has 0 heterocycles. The van der Waals surface area contributed by atoms with E-state index >= 15 is 0 Å². The molecule has 0 fully saturated rings. The highest BCUT2D eigenvalue weighted by Gasteiger charge is 2.30. The number of amides is 4. The van der Waals surface area contributed by atoms with E-state index in [4.69, 9.17) is 11.6 Å². The Morgan fingerprint density at radius 1 is 0.852 bits per heavy atom. The van der Waals surface area contributed by atoms with E-state index in [1.54, 1.807) is 57.2 Å². The molecule has 142 valence electrons. The van der Waals surface area contributed by atoms with Crippen molar-refractivity contribution >= 4 is 29.4 Å². The van der Waals surface area contributed by atoms with Crippen LogP contribution in [-0.4, -0.2) is 28.4 Å². The summed E-state index contributed by atoms with van der Waals surface area (Å²) in [7, 11) is 0. The van der Waals surface area contributed by atoms with Crippen molar-refractivity contribution in [3.8, 4) is 0 Å². The highest BCUT2D eigenvalue weighted by atomic mass is 35.5. The Labute approximate surface area is 163 Å². The molecule has 7 heteroatoms. The van der Waals surface area contributed by atoms with Crippen molar-refractivity contribution < 1.29 is 14.4 Å². The van der Waals surface area contributed by atoms with Crippen LogP contribution in [0.4, 0.5) is 4.79 Å². The van der Waals surface area contributed by atoms with Gasteiger partial charge in [0.05, 0.1) is 5.54 Å². The van der Waals surface area contributed by atoms with Crippen LogP contribution in [0.15, 0.2) is 48.5 Å². The standard InChI is InChI=1S/C20H22ClN3O3/c1-13-5-7-15(8-6-13)18(26)23-24(20(2,3)4)19(27)22-17(25)14-9-11-16(21)12-10-14/h5-12H,1-4H3,(H,23,26)(H,22,25,27). The molecule has 2 aromatic rings. The maximum atomic E-state index is 12.6. The van der Waals surface area contributed by atoms with Crippen molar-refractivity contribution in [2.24, 2.45) is 0 Å². The number of urea groups is 1. The molecule has 0 spiro atoms. The van der Waals surface area contributed by atoms with Crippen molar-refractivity contribution in [1.82, 2.24) is 15.8 Å². The van der Waals surface area contributed by atoms with Gasteiger partial charge in [-0.15, -0.1) is 0 Å². The lowest BCUT2D eigenvalue weighted by Gasteiger charge is -2.35. The predicted molar refractivity (Wildman–Crippen MR) is 105 cm³/mol. The number of hydrogen-bond donors (Lipinski definition) is 2. The van der Waals surface area contributed by atoms with Crippen LogP contribution >= 0.6 is 11.6 Å². The molecule has 0 atom stereocenters. The number of carbonyl (C=O) groups excluding carboxylic acids is 3. The predicted octanol–water partition coefficient (Wildman–Crippen LogP) is 3.94. The van der Waals surface area contributed by atoms with Crippen LogP contribution in [0.1, 0.15) is 47.1 Å². The van der Waals surface area contributed by atoms with Gasteiger partial charge in [-0.3, -0.25) is 20.3 Å². The van der Waals surface area contributed by atoms with Crippen molar-refractivity contribution in [3.05, 3.63) is 70.2 Å². The molecule has 2 aromatic carbocycles. The van der Waals surface area contributed by atoms with E-state index in [-0.39, 0.29) is 5.56 Å². The maximum absolute atomic E-state index is 12.6. The fraction of sp³-hybridized carbons (Fsp3) is 0.250.